The number of rotatable bonds is 5. The summed E-state index contributed by atoms with van der Waals surface area (Å²) in [5.41, 5.74) is 1.91. The Morgan fingerprint density at radius 1 is 1.50 bits per heavy atom. The van der Waals surface area contributed by atoms with Gasteiger partial charge in [0.15, 0.2) is 11.6 Å². The third-order valence-corrected chi connectivity index (χ3v) is 3.74. The first-order chi connectivity index (χ1) is 9.58. The fourth-order valence-corrected chi connectivity index (χ4v) is 2.75. The van der Waals surface area contributed by atoms with Crippen molar-refractivity contribution in [3.05, 3.63) is 45.9 Å². The summed E-state index contributed by atoms with van der Waals surface area (Å²) in [6.45, 7) is 2.81. The maximum atomic E-state index is 13.5. The van der Waals surface area contributed by atoms with Crippen LogP contribution in [0.15, 0.2) is 28.9 Å². The topological polar surface area (TPSA) is 39.1 Å². The highest BCUT2D eigenvalue weighted by molar-refractivity contribution is 9.10. The van der Waals surface area contributed by atoms with Crippen molar-refractivity contribution in [2.75, 3.05) is 13.7 Å². The van der Waals surface area contributed by atoms with E-state index in [-0.39, 0.29) is 17.6 Å². The molecule has 108 valence electrons. The summed E-state index contributed by atoms with van der Waals surface area (Å²) >= 11 is 3.51. The lowest BCUT2D eigenvalue weighted by Gasteiger charge is -2.20. The van der Waals surface area contributed by atoms with Crippen LogP contribution < -0.4 is 10.1 Å². The van der Waals surface area contributed by atoms with Crippen LogP contribution in [0.25, 0.3) is 0 Å². The van der Waals surface area contributed by atoms with Crippen molar-refractivity contribution in [3.63, 3.8) is 0 Å². The Morgan fingerprint density at radius 3 is 2.80 bits per heavy atom. The number of aromatic nitrogens is 2. The largest absolute Gasteiger partial charge is 0.494 e. The predicted octanol–water partition coefficient (Wildman–Crippen LogP) is 3.03. The molecule has 1 aromatic heterocycles. The van der Waals surface area contributed by atoms with Gasteiger partial charge in [-0.15, -0.1) is 0 Å². The number of methoxy groups -OCH3 is 1. The molecule has 0 bridgehead atoms. The van der Waals surface area contributed by atoms with Gasteiger partial charge in [0.2, 0.25) is 0 Å². The van der Waals surface area contributed by atoms with Crippen LogP contribution in [0, 0.1) is 5.82 Å². The molecular formula is C14H17BrFN3O. The molecule has 20 heavy (non-hydrogen) atoms. The van der Waals surface area contributed by atoms with Crippen molar-refractivity contribution < 1.29 is 9.13 Å². The molecule has 0 saturated carbocycles. The zero-order valence-corrected chi connectivity index (χ0v) is 13.2. The van der Waals surface area contributed by atoms with Gasteiger partial charge in [-0.25, -0.2) is 4.39 Å². The molecule has 1 aromatic carbocycles. The van der Waals surface area contributed by atoms with Crippen molar-refractivity contribution in [1.82, 2.24) is 15.1 Å². The van der Waals surface area contributed by atoms with Gasteiger partial charge in [0.05, 0.1) is 29.5 Å². The minimum atomic E-state index is -0.365. The van der Waals surface area contributed by atoms with Crippen LogP contribution in [-0.4, -0.2) is 23.4 Å². The second kappa shape index (κ2) is 6.37. The predicted molar refractivity (Wildman–Crippen MR) is 79.4 cm³/mol. The molecule has 0 amide bonds. The summed E-state index contributed by atoms with van der Waals surface area (Å²) in [6, 6.07) is 4.80. The molecule has 1 N–H and O–H groups in total. The Labute approximate surface area is 126 Å². The monoisotopic (exact) mass is 341 g/mol. The number of aryl methyl sites for hydroxylation is 1. The smallest absolute Gasteiger partial charge is 0.165 e. The van der Waals surface area contributed by atoms with Gasteiger partial charge in [-0.2, -0.15) is 5.10 Å². The Morgan fingerprint density at radius 2 is 2.25 bits per heavy atom. The van der Waals surface area contributed by atoms with E-state index in [2.05, 4.69) is 26.3 Å². The maximum absolute atomic E-state index is 13.5. The molecule has 1 atom stereocenters. The molecule has 0 aliphatic rings. The number of ether oxygens (including phenoxy) is 1. The molecule has 1 unspecified atom stereocenters. The van der Waals surface area contributed by atoms with E-state index in [1.54, 1.807) is 23.0 Å². The van der Waals surface area contributed by atoms with E-state index in [0.29, 0.717) is 0 Å². The zero-order chi connectivity index (χ0) is 14.7. The maximum Gasteiger partial charge on any atom is 0.165 e. The summed E-state index contributed by atoms with van der Waals surface area (Å²) in [6.07, 6.45) is 1.75. The van der Waals surface area contributed by atoms with Gasteiger partial charge in [0.25, 0.3) is 0 Å². The fraction of sp³-hybridized carbons (Fsp3) is 0.357. The third kappa shape index (κ3) is 2.86. The molecule has 0 fully saturated rings. The van der Waals surface area contributed by atoms with Crippen molar-refractivity contribution in [2.45, 2.75) is 13.0 Å². The second-order valence-electron chi connectivity index (χ2n) is 4.39. The first kappa shape index (κ1) is 15.0. The second-order valence-corrected chi connectivity index (χ2v) is 5.24. The Kier molecular flexibility index (Phi) is 4.77. The van der Waals surface area contributed by atoms with Gasteiger partial charge in [0, 0.05) is 7.05 Å². The van der Waals surface area contributed by atoms with Gasteiger partial charge in [0.1, 0.15) is 0 Å². The van der Waals surface area contributed by atoms with Crippen LogP contribution in [-0.2, 0) is 7.05 Å². The molecule has 4 nitrogen and oxygen atoms in total. The molecular weight excluding hydrogens is 325 g/mol. The van der Waals surface area contributed by atoms with E-state index in [1.807, 2.05) is 14.0 Å². The van der Waals surface area contributed by atoms with Gasteiger partial charge < -0.3 is 10.1 Å². The molecule has 0 radical (unpaired) electrons. The lowest BCUT2D eigenvalue weighted by atomic mass is 10.0. The summed E-state index contributed by atoms with van der Waals surface area (Å²) in [7, 11) is 3.34. The zero-order valence-electron chi connectivity index (χ0n) is 11.7. The molecule has 0 aliphatic carbocycles. The SMILES string of the molecule is CCNC(c1ccc(F)c(OC)c1)c1c(Br)cnn1C. The van der Waals surface area contributed by atoms with E-state index in [1.165, 1.54) is 13.2 Å². The molecule has 2 rings (SSSR count). The average Bonchev–Trinajstić information content (AvgIpc) is 2.77. The lowest BCUT2D eigenvalue weighted by molar-refractivity contribution is 0.385. The van der Waals surface area contributed by atoms with Crippen molar-refractivity contribution in [3.8, 4) is 5.75 Å². The fourth-order valence-electron chi connectivity index (χ4n) is 2.18. The Bertz CT molecular complexity index is 581. The Hall–Kier alpha value is -1.40. The average molecular weight is 342 g/mol. The molecule has 0 aliphatic heterocycles. The number of halogens is 2. The summed E-state index contributed by atoms with van der Waals surface area (Å²) in [5.74, 6) is -0.126. The van der Waals surface area contributed by atoms with E-state index >= 15 is 0 Å². The molecule has 1 heterocycles. The number of hydrogen-bond donors (Lipinski definition) is 1. The van der Waals surface area contributed by atoms with Gasteiger partial charge in [-0.3, -0.25) is 4.68 Å². The van der Waals surface area contributed by atoms with E-state index in [9.17, 15) is 4.39 Å². The first-order valence-corrected chi connectivity index (χ1v) is 7.12. The van der Waals surface area contributed by atoms with E-state index < -0.39 is 0 Å². The van der Waals surface area contributed by atoms with E-state index in [4.69, 9.17) is 4.74 Å². The first-order valence-electron chi connectivity index (χ1n) is 6.32. The van der Waals surface area contributed by atoms with Crippen LogP contribution in [0.5, 0.6) is 5.75 Å². The lowest BCUT2D eigenvalue weighted by Crippen LogP contribution is -2.24. The minimum Gasteiger partial charge on any atom is -0.494 e. The highest BCUT2D eigenvalue weighted by Gasteiger charge is 2.21. The third-order valence-electron chi connectivity index (χ3n) is 3.13. The normalized spacial score (nSPS) is 12.4. The van der Waals surface area contributed by atoms with Gasteiger partial charge in [-0.05, 0) is 40.2 Å². The van der Waals surface area contributed by atoms with Crippen LogP contribution >= 0.6 is 15.9 Å². The number of nitrogens with zero attached hydrogens (tertiary/aromatic N) is 2. The highest BCUT2D eigenvalue weighted by Crippen LogP contribution is 2.30. The van der Waals surface area contributed by atoms with Crippen molar-refractivity contribution >= 4 is 15.9 Å². The standard InChI is InChI=1S/C14H17BrFN3O/c1-4-17-13(14-10(15)8-18-19(14)2)9-5-6-11(16)12(7-9)20-3/h5-8,13,17H,4H2,1-3H3. The molecule has 0 spiro atoms. The van der Waals surface area contributed by atoms with Crippen molar-refractivity contribution in [1.29, 1.82) is 0 Å². The molecule has 0 saturated heterocycles. The van der Waals surface area contributed by atoms with Gasteiger partial charge >= 0.3 is 0 Å². The van der Waals surface area contributed by atoms with Crippen molar-refractivity contribution in [2.24, 2.45) is 7.05 Å². The Balaban J connectivity index is 2.48. The van der Waals surface area contributed by atoms with Crippen LogP contribution in [0.1, 0.15) is 24.2 Å². The van der Waals surface area contributed by atoms with Crippen LogP contribution in [0.3, 0.4) is 0 Å². The highest BCUT2D eigenvalue weighted by atomic mass is 79.9. The number of hydrogen-bond acceptors (Lipinski definition) is 3. The summed E-state index contributed by atoms with van der Waals surface area (Å²) in [4.78, 5) is 0. The van der Waals surface area contributed by atoms with Crippen LogP contribution in [0.4, 0.5) is 4.39 Å². The van der Waals surface area contributed by atoms with Crippen LogP contribution in [0.2, 0.25) is 0 Å². The number of benzene rings is 1. The molecule has 6 heteroatoms. The van der Waals surface area contributed by atoms with E-state index in [0.717, 1.165) is 22.3 Å². The quantitative estimate of drug-likeness (QED) is 0.908. The summed E-state index contributed by atoms with van der Waals surface area (Å²) < 4.78 is 21.3. The molecule has 2 aromatic rings. The van der Waals surface area contributed by atoms with Gasteiger partial charge in [-0.1, -0.05) is 13.0 Å². The minimum absolute atomic E-state index is 0.0867. The summed E-state index contributed by atoms with van der Waals surface area (Å²) in [5, 5.41) is 7.61. The number of nitrogens with one attached hydrogen (secondary N) is 1.